The first-order valence-electron chi connectivity index (χ1n) is 12.4. The molecule has 10 heteroatoms. The Kier molecular flexibility index (Phi) is 8.61. The van der Waals surface area contributed by atoms with E-state index in [0.717, 1.165) is 65.7 Å². The maximum atomic E-state index is 12.8. The fraction of sp³-hybridized carbons (Fsp3) is 0.250. The molecule has 8 nitrogen and oxygen atoms in total. The number of methoxy groups -OCH3 is 1. The fourth-order valence-corrected chi connectivity index (χ4v) is 5.52. The van der Waals surface area contributed by atoms with E-state index in [4.69, 9.17) is 14.5 Å². The van der Waals surface area contributed by atoms with Crippen LogP contribution >= 0.6 is 20.6 Å². The van der Waals surface area contributed by atoms with Crippen molar-refractivity contribution < 1.29 is 14.3 Å². The zero-order valence-corrected chi connectivity index (χ0v) is 23.1. The molecule has 196 valence electrons. The van der Waals surface area contributed by atoms with E-state index in [1.165, 1.54) is 16.9 Å². The molecule has 1 amide bonds. The molecular weight excluding hydrogens is 517 g/mol. The molecule has 0 saturated carbocycles. The number of benzene rings is 2. The molecule has 2 aromatic heterocycles. The number of morpholine rings is 1. The summed E-state index contributed by atoms with van der Waals surface area (Å²) >= 11 is 1.40. The summed E-state index contributed by atoms with van der Waals surface area (Å²) in [4.78, 5) is 25.9. The quantitative estimate of drug-likeness (QED) is 0.304. The van der Waals surface area contributed by atoms with Crippen molar-refractivity contribution in [3.63, 3.8) is 0 Å². The first-order valence-corrected chi connectivity index (χ1v) is 13.8. The van der Waals surface area contributed by atoms with Crippen molar-refractivity contribution >= 4 is 43.4 Å². The third kappa shape index (κ3) is 6.74. The van der Waals surface area contributed by atoms with Crippen molar-refractivity contribution in [3.8, 4) is 16.3 Å². The molecule has 38 heavy (non-hydrogen) atoms. The van der Waals surface area contributed by atoms with Crippen LogP contribution in [-0.4, -0.2) is 54.2 Å². The first kappa shape index (κ1) is 26.3. The topological polar surface area (TPSA) is 88.6 Å². The highest BCUT2D eigenvalue weighted by Gasteiger charge is 2.15. The maximum absolute atomic E-state index is 12.8. The third-order valence-corrected chi connectivity index (χ3v) is 7.67. The van der Waals surface area contributed by atoms with Gasteiger partial charge >= 0.3 is 0 Å². The number of nitrogens with zero attached hydrogens (tertiary/aromatic N) is 3. The van der Waals surface area contributed by atoms with Gasteiger partial charge < -0.3 is 20.1 Å². The number of ether oxygens (including phenoxy) is 2. The Bertz CT molecular complexity index is 1410. The van der Waals surface area contributed by atoms with E-state index >= 15 is 0 Å². The Morgan fingerprint density at radius 1 is 1.11 bits per heavy atom. The lowest BCUT2D eigenvalue weighted by molar-refractivity contribution is 0.0342. The number of carbonyl (C=O) groups is 1. The van der Waals surface area contributed by atoms with Gasteiger partial charge in [0.25, 0.3) is 5.91 Å². The predicted octanol–water partition coefficient (Wildman–Crippen LogP) is 4.22. The molecule has 2 N–H and O–H groups in total. The number of hydrogen-bond donors (Lipinski definition) is 2. The van der Waals surface area contributed by atoms with Gasteiger partial charge in [-0.3, -0.25) is 9.69 Å². The highest BCUT2D eigenvalue weighted by molar-refractivity contribution is 7.28. The second-order valence-corrected chi connectivity index (χ2v) is 10.6. The van der Waals surface area contributed by atoms with E-state index in [0.29, 0.717) is 17.4 Å². The number of thiophene rings is 1. The average Bonchev–Trinajstić information content (AvgIpc) is 3.44. The molecule has 1 unspecified atom stereocenters. The van der Waals surface area contributed by atoms with E-state index in [1.807, 2.05) is 48.5 Å². The van der Waals surface area contributed by atoms with Crippen LogP contribution in [0.25, 0.3) is 10.6 Å². The number of anilines is 2. The molecule has 3 heterocycles. The van der Waals surface area contributed by atoms with Gasteiger partial charge in [0.1, 0.15) is 5.75 Å². The van der Waals surface area contributed by atoms with Crippen LogP contribution in [0.5, 0.6) is 5.75 Å². The number of aromatic nitrogens is 2. The van der Waals surface area contributed by atoms with Gasteiger partial charge in [0.05, 0.1) is 35.8 Å². The van der Waals surface area contributed by atoms with Gasteiger partial charge in [-0.2, -0.15) is 0 Å². The van der Waals surface area contributed by atoms with Crippen molar-refractivity contribution in [2.24, 2.45) is 0 Å². The third-order valence-electron chi connectivity index (χ3n) is 6.16. The average molecular weight is 548 g/mol. The normalized spacial score (nSPS) is 13.7. The summed E-state index contributed by atoms with van der Waals surface area (Å²) in [5.41, 5.74) is 3.90. The highest BCUT2D eigenvalue weighted by Crippen LogP contribution is 2.28. The predicted molar refractivity (Wildman–Crippen MR) is 155 cm³/mol. The Morgan fingerprint density at radius 3 is 2.76 bits per heavy atom. The lowest BCUT2D eigenvalue weighted by atomic mass is 10.2. The Labute approximate surface area is 228 Å². The molecule has 4 aromatic rings. The van der Waals surface area contributed by atoms with Gasteiger partial charge in [0.2, 0.25) is 5.95 Å². The fourth-order valence-electron chi connectivity index (χ4n) is 4.18. The van der Waals surface area contributed by atoms with Crippen LogP contribution in [0.3, 0.4) is 0 Å². The van der Waals surface area contributed by atoms with Gasteiger partial charge in [0.15, 0.2) is 0 Å². The molecule has 1 fully saturated rings. The van der Waals surface area contributed by atoms with Crippen LogP contribution in [0.15, 0.2) is 66.9 Å². The Hall–Kier alpha value is -3.36. The Balaban J connectivity index is 1.25. The van der Waals surface area contributed by atoms with Crippen molar-refractivity contribution in [1.82, 2.24) is 20.2 Å². The molecule has 5 rings (SSSR count). The molecule has 0 bridgehead atoms. The van der Waals surface area contributed by atoms with E-state index in [-0.39, 0.29) is 5.91 Å². The molecule has 1 atom stereocenters. The molecule has 0 aliphatic carbocycles. The largest absolute Gasteiger partial charge is 0.497 e. The Morgan fingerprint density at radius 2 is 1.92 bits per heavy atom. The molecule has 1 aliphatic heterocycles. The van der Waals surface area contributed by atoms with E-state index < -0.39 is 0 Å². The van der Waals surface area contributed by atoms with Gasteiger partial charge in [-0.25, -0.2) is 9.97 Å². The summed E-state index contributed by atoms with van der Waals surface area (Å²) in [6.07, 6.45) is 1.77. The standard InChI is InChI=1S/C28H30N5O3PS/c1-35-22-7-3-4-19(15-22)16-29-27(34)25-9-8-24(38-25)26-23(37)17-30-28(32-26)31-21-6-2-5-20(14-21)18-33-10-12-36-13-11-33/h2-9,14-15,17H,10-13,16,18,37H2,1H3,(H,29,34)(H,30,31,32). The minimum absolute atomic E-state index is 0.126. The van der Waals surface area contributed by atoms with Crippen LogP contribution in [0.2, 0.25) is 0 Å². The number of nitrogens with one attached hydrogen (secondary N) is 2. The van der Waals surface area contributed by atoms with Crippen molar-refractivity contribution in [2.45, 2.75) is 13.1 Å². The molecule has 0 spiro atoms. The second kappa shape index (κ2) is 12.5. The highest BCUT2D eigenvalue weighted by atomic mass is 32.1. The molecule has 1 saturated heterocycles. The van der Waals surface area contributed by atoms with Crippen LogP contribution in [-0.2, 0) is 17.8 Å². The van der Waals surface area contributed by atoms with Crippen LogP contribution in [0.4, 0.5) is 11.6 Å². The smallest absolute Gasteiger partial charge is 0.261 e. The van der Waals surface area contributed by atoms with Crippen molar-refractivity contribution in [2.75, 3.05) is 38.7 Å². The molecule has 2 aromatic carbocycles. The second-order valence-electron chi connectivity index (χ2n) is 8.91. The van der Waals surface area contributed by atoms with E-state index in [9.17, 15) is 4.79 Å². The van der Waals surface area contributed by atoms with Crippen LogP contribution in [0.1, 0.15) is 20.8 Å². The summed E-state index contributed by atoms with van der Waals surface area (Å²) in [6, 6.07) is 19.7. The number of rotatable bonds is 9. The zero-order chi connectivity index (χ0) is 26.3. The van der Waals surface area contributed by atoms with Crippen LogP contribution < -0.4 is 20.7 Å². The number of hydrogen-bond acceptors (Lipinski definition) is 8. The minimum atomic E-state index is -0.126. The summed E-state index contributed by atoms with van der Waals surface area (Å²) in [5.74, 6) is 1.14. The monoisotopic (exact) mass is 547 g/mol. The minimum Gasteiger partial charge on any atom is -0.497 e. The zero-order valence-electron chi connectivity index (χ0n) is 21.1. The number of amides is 1. The summed E-state index contributed by atoms with van der Waals surface area (Å²) in [6.45, 7) is 4.76. The lowest BCUT2D eigenvalue weighted by Crippen LogP contribution is -2.35. The lowest BCUT2D eigenvalue weighted by Gasteiger charge is -2.26. The van der Waals surface area contributed by atoms with E-state index in [1.54, 1.807) is 13.3 Å². The molecule has 0 radical (unpaired) electrons. The van der Waals surface area contributed by atoms with Crippen LogP contribution in [0, 0.1) is 0 Å². The summed E-state index contributed by atoms with van der Waals surface area (Å²) < 4.78 is 10.7. The van der Waals surface area contributed by atoms with Crippen molar-refractivity contribution in [1.29, 1.82) is 0 Å². The summed E-state index contributed by atoms with van der Waals surface area (Å²) in [7, 11) is 4.31. The summed E-state index contributed by atoms with van der Waals surface area (Å²) in [5, 5.41) is 7.18. The van der Waals surface area contributed by atoms with Gasteiger partial charge in [-0.05, 0) is 47.5 Å². The van der Waals surface area contributed by atoms with Gasteiger partial charge in [0, 0.05) is 43.4 Å². The SMILES string of the molecule is COc1cccc(CNC(=O)c2ccc(-c3nc(Nc4cccc(CN5CCOCC5)c4)ncc3P)s2)c1. The van der Waals surface area contributed by atoms with E-state index in [2.05, 4.69) is 41.9 Å². The maximum Gasteiger partial charge on any atom is 0.261 e. The number of carbonyl (C=O) groups excluding carboxylic acids is 1. The van der Waals surface area contributed by atoms with Gasteiger partial charge in [-0.1, -0.05) is 24.3 Å². The van der Waals surface area contributed by atoms with Crippen molar-refractivity contribution in [3.05, 3.63) is 82.9 Å². The molecule has 1 aliphatic rings. The molecular formula is C28H30N5O3PS. The first-order chi connectivity index (χ1) is 18.6. The van der Waals surface area contributed by atoms with Gasteiger partial charge in [-0.15, -0.1) is 20.6 Å².